The van der Waals surface area contributed by atoms with Gasteiger partial charge < -0.3 is 9.04 Å². The highest BCUT2D eigenvalue weighted by Crippen LogP contribution is 2.33. The van der Waals surface area contributed by atoms with E-state index in [4.69, 9.17) is 0 Å². The number of hydrogen-bond donors (Lipinski definition) is 0. The molecule has 0 saturated carbocycles. The number of unbranched alkanes of at least 4 members (excludes halogenated alkanes) is 9. The molecule has 6 heteroatoms. The molecule has 1 heterocycles. The molecular weight excluding hydrogens is 374 g/mol. The molecule has 28 heavy (non-hydrogen) atoms. The third kappa shape index (κ3) is 11.7. The van der Waals surface area contributed by atoms with E-state index < -0.39 is 10.4 Å². The van der Waals surface area contributed by atoms with Gasteiger partial charge in [0.2, 0.25) is 10.4 Å². The Morgan fingerprint density at radius 1 is 0.821 bits per heavy atom. The van der Waals surface area contributed by atoms with Gasteiger partial charge in [-0.15, -0.1) is 0 Å². The maximum atomic E-state index is 9.45. The number of rotatable bonds is 14. The normalized spacial score (nSPS) is 24.8. The van der Waals surface area contributed by atoms with E-state index in [-0.39, 0.29) is 6.61 Å². The number of quaternary nitrogens is 1. The number of nitrogens with zero attached hydrogens (tertiary/aromatic N) is 1. The molecule has 0 amide bonds. The van der Waals surface area contributed by atoms with Gasteiger partial charge in [0, 0.05) is 12.8 Å². The molecular formula is C22H47NO4S. The minimum absolute atomic E-state index is 0.0914. The second kappa shape index (κ2) is 15.6. The van der Waals surface area contributed by atoms with Crippen molar-refractivity contribution in [3.8, 4) is 0 Å². The van der Waals surface area contributed by atoms with E-state index in [1.54, 1.807) is 0 Å². The minimum Gasteiger partial charge on any atom is -0.726 e. The first-order valence-electron chi connectivity index (χ1n) is 11.7. The summed E-state index contributed by atoms with van der Waals surface area (Å²) in [6.07, 6.45) is 17.5. The zero-order valence-electron chi connectivity index (χ0n) is 19.2. The van der Waals surface area contributed by atoms with Crippen LogP contribution in [0.2, 0.25) is 0 Å². The van der Waals surface area contributed by atoms with Gasteiger partial charge in [0.05, 0.1) is 31.8 Å². The van der Waals surface area contributed by atoms with Gasteiger partial charge in [-0.05, 0) is 40.5 Å². The Hall–Kier alpha value is -0.170. The average Bonchev–Trinajstić information content (AvgIpc) is 2.91. The lowest BCUT2D eigenvalue weighted by atomic mass is 10.1. The topological polar surface area (TPSA) is 66.4 Å². The molecule has 1 aliphatic heterocycles. The van der Waals surface area contributed by atoms with Crippen LogP contribution in [0, 0.1) is 0 Å². The van der Waals surface area contributed by atoms with E-state index in [0.717, 1.165) is 12.1 Å². The van der Waals surface area contributed by atoms with E-state index in [9.17, 15) is 13.0 Å². The smallest absolute Gasteiger partial charge is 0.217 e. The molecule has 2 atom stereocenters. The quantitative estimate of drug-likeness (QED) is 0.154. The first-order chi connectivity index (χ1) is 13.2. The van der Waals surface area contributed by atoms with E-state index in [1.165, 1.54) is 102 Å². The first-order valence-corrected chi connectivity index (χ1v) is 13.0. The van der Waals surface area contributed by atoms with Crippen molar-refractivity contribution in [2.75, 3.05) is 19.7 Å². The molecule has 0 aromatic rings. The van der Waals surface area contributed by atoms with E-state index in [0.29, 0.717) is 0 Å². The fraction of sp³-hybridized carbons (Fsp3) is 1.00. The third-order valence-electron chi connectivity index (χ3n) is 6.54. The molecule has 2 unspecified atom stereocenters. The van der Waals surface area contributed by atoms with Crippen LogP contribution in [0.5, 0.6) is 0 Å². The van der Waals surface area contributed by atoms with Gasteiger partial charge in [0.25, 0.3) is 0 Å². The fourth-order valence-corrected chi connectivity index (χ4v) is 4.98. The third-order valence-corrected chi connectivity index (χ3v) is 7.06. The molecule has 0 aromatic heterocycles. The Kier molecular flexibility index (Phi) is 15.5. The van der Waals surface area contributed by atoms with Crippen LogP contribution in [-0.4, -0.2) is 49.2 Å². The molecule has 1 fully saturated rings. The lowest BCUT2D eigenvalue weighted by Crippen LogP contribution is -2.55. The van der Waals surface area contributed by atoms with Crippen molar-refractivity contribution in [1.82, 2.24) is 0 Å². The van der Waals surface area contributed by atoms with Crippen LogP contribution in [0.4, 0.5) is 0 Å². The zero-order valence-corrected chi connectivity index (χ0v) is 20.1. The van der Waals surface area contributed by atoms with Crippen molar-refractivity contribution in [3.63, 3.8) is 0 Å². The highest BCUT2D eigenvalue weighted by molar-refractivity contribution is 7.80. The molecule has 1 rings (SSSR count). The van der Waals surface area contributed by atoms with Crippen molar-refractivity contribution >= 4 is 10.4 Å². The lowest BCUT2D eigenvalue weighted by molar-refractivity contribution is -0.956. The zero-order chi connectivity index (χ0) is 21.5. The Labute approximate surface area is 175 Å². The molecule has 170 valence electrons. The van der Waals surface area contributed by atoms with Crippen molar-refractivity contribution < 1.29 is 21.6 Å². The fourth-order valence-electron chi connectivity index (χ4n) is 4.69. The summed E-state index contributed by atoms with van der Waals surface area (Å²) in [4.78, 5) is 0. The molecule has 0 N–H and O–H groups in total. The summed E-state index contributed by atoms with van der Waals surface area (Å²) in [5, 5.41) is 0. The maximum absolute atomic E-state index is 9.45. The predicted octanol–water partition coefficient (Wildman–Crippen LogP) is 5.80. The van der Waals surface area contributed by atoms with Crippen LogP contribution < -0.4 is 0 Å². The molecule has 1 aliphatic rings. The summed E-state index contributed by atoms with van der Waals surface area (Å²) in [5.41, 5.74) is 0. The Balaban J connectivity index is 0.000000887. The minimum atomic E-state index is -4.42. The monoisotopic (exact) mass is 421 g/mol. The van der Waals surface area contributed by atoms with Crippen molar-refractivity contribution in [2.24, 2.45) is 0 Å². The Morgan fingerprint density at radius 3 is 1.57 bits per heavy atom. The predicted molar refractivity (Wildman–Crippen MR) is 117 cm³/mol. The van der Waals surface area contributed by atoms with Crippen LogP contribution >= 0.6 is 0 Å². The molecule has 5 nitrogen and oxygen atoms in total. The summed E-state index contributed by atoms with van der Waals surface area (Å²) in [7, 11) is -4.42. The van der Waals surface area contributed by atoms with Crippen molar-refractivity contribution in [2.45, 2.75) is 124 Å². The molecule has 0 radical (unpaired) electrons. The summed E-state index contributed by atoms with van der Waals surface area (Å²) in [6.45, 7) is 13.8. The molecule has 0 aromatic carbocycles. The lowest BCUT2D eigenvalue weighted by Gasteiger charge is -2.42. The van der Waals surface area contributed by atoms with Crippen LogP contribution in [0.25, 0.3) is 0 Å². The van der Waals surface area contributed by atoms with E-state index >= 15 is 0 Å². The Morgan fingerprint density at radius 2 is 1.25 bits per heavy atom. The Bertz CT molecular complexity index is 457. The van der Waals surface area contributed by atoms with Gasteiger partial charge in [-0.1, -0.05) is 58.3 Å². The molecule has 1 saturated heterocycles. The standard InChI is InChI=1S/C20H42N.C2H6O4S/c1-5-7-8-9-10-11-12-13-14-15-18-21(6-2)19(3)16-17-20(21)4;1-2-6-7(3,4)5/h19-20H,5-18H2,1-4H3;2H2,1H3,(H,3,4,5)/q+1;/p-1. The first kappa shape index (κ1) is 27.8. The van der Waals surface area contributed by atoms with Gasteiger partial charge in [0.1, 0.15) is 0 Å². The molecule has 0 aliphatic carbocycles. The maximum Gasteiger partial charge on any atom is 0.217 e. The van der Waals surface area contributed by atoms with E-state index in [2.05, 4.69) is 31.9 Å². The number of hydrogen-bond acceptors (Lipinski definition) is 4. The number of likely N-dealkylation sites (tertiary alicyclic amines) is 1. The second-order valence-corrected chi connectivity index (χ2v) is 9.47. The molecule has 0 bridgehead atoms. The largest absolute Gasteiger partial charge is 0.726 e. The van der Waals surface area contributed by atoms with Crippen molar-refractivity contribution in [3.05, 3.63) is 0 Å². The summed E-state index contributed by atoms with van der Waals surface area (Å²) in [5.74, 6) is 0. The van der Waals surface area contributed by atoms with Crippen LogP contribution in [-0.2, 0) is 14.6 Å². The van der Waals surface area contributed by atoms with Crippen LogP contribution in [0.15, 0.2) is 0 Å². The highest BCUT2D eigenvalue weighted by atomic mass is 32.3. The second-order valence-electron chi connectivity index (χ2n) is 8.41. The van der Waals surface area contributed by atoms with E-state index in [1.807, 2.05) is 0 Å². The van der Waals surface area contributed by atoms with Gasteiger partial charge in [-0.2, -0.15) is 0 Å². The van der Waals surface area contributed by atoms with Gasteiger partial charge in [-0.25, -0.2) is 8.42 Å². The molecule has 0 spiro atoms. The highest BCUT2D eigenvalue weighted by Gasteiger charge is 2.42. The summed E-state index contributed by atoms with van der Waals surface area (Å²) < 4.78 is 33.4. The summed E-state index contributed by atoms with van der Waals surface area (Å²) >= 11 is 0. The van der Waals surface area contributed by atoms with Gasteiger partial charge in [0.15, 0.2) is 0 Å². The van der Waals surface area contributed by atoms with Crippen molar-refractivity contribution in [1.29, 1.82) is 0 Å². The van der Waals surface area contributed by atoms with Gasteiger partial charge >= 0.3 is 0 Å². The average molecular weight is 422 g/mol. The van der Waals surface area contributed by atoms with Gasteiger partial charge in [-0.3, -0.25) is 4.18 Å². The van der Waals surface area contributed by atoms with Crippen LogP contribution in [0.3, 0.4) is 0 Å². The summed E-state index contributed by atoms with van der Waals surface area (Å²) in [6, 6.07) is 1.81. The van der Waals surface area contributed by atoms with Crippen LogP contribution in [0.1, 0.15) is 112 Å². The SMILES string of the molecule is CCCCCCCCCCCC[N+]1(CC)C(C)CCC1C.CCOS(=O)(=O)[O-].